The summed E-state index contributed by atoms with van der Waals surface area (Å²) in [5, 5.41) is 10.6. The standard InChI is InChI=1S/C24H23N5O/c1-15-13-22(15)18-10-8-17(9-11-18)21-7-4-12-29-23(21)27-24(28-29)26-20-6-3-5-19(14-20)25-16(2)30/h3-12,14-15,22H,13H2,1-2H3,(H,25,30)(H,26,28). The topological polar surface area (TPSA) is 71.3 Å². The van der Waals surface area contributed by atoms with Crippen LogP contribution in [0.4, 0.5) is 17.3 Å². The minimum atomic E-state index is -0.107. The van der Waals surface area contributed by atoms with Crippen LogP contribution in [0, 0.1) is 5.92 Å². The molecule has 5 rings (SSSR count). The van der Waals surface area contributed by atoms with Crippen molar-refractivity contribution in [1.82, 2.24) is 14.6 Å². The minimum Gasteiger partial charge on any atom is -0.326 e. The number of hydrogen-bond acceptors (Lipinski definition) is 4. The first kappa shape index (κ1) is 18.4. The van der Waals surface area contributed by atoms with Crippen LogP contribution in [0.5, 0.6) is 0 Å². The van der Waals surface area contributed by atoms with Crippen molar-refractivity contribution in [2.45, 2.75) is 26.2 Å². The van der Waals surface area contributed by atoms with Gasteiger partial charge in [0.15, 0.2) is 5.65 Å². The van der Waals surface area contributed by atoms with Crippen LogP contribution >= 0.6 is 0 Å². The zero-order valence-electron chi connectivity index (χ0n) is 17.0. The van der Waals surface area contributed by atoms with Crippen LogP contribution < -0.4 is 10.6 Å². The Labute approximate surface area is 175 Å². The summed E-state index contributed by atoms with van der Waals surface area (Å²) in [6.45, 7) is 3.79. The average Bonchev–Trinajstić information content (AvgIpc) is 3.31. The Morgan fingerprint density at radius 3 is 2.57 bits per heavy atom. The molecule has 2 aromatic carbocycles. The molecule has 6 nitrogen and oxygen atoms in total. The fourth-order valence-corrected chi connectivity index (χ4v) is 3.89. The van der Waals surface area contributed by atoms with Crippen LogP contribution in [0.3, 0.4) is 0 Å². The SMILES string of the molecule is CC(=O)Nc1cccc(Nc2nc3c(-c4ccc(C5CC5C)cc4)cccn3n2)c1. The van der Waals surface area contributed by atoms with Gasteiger partial charge in [-0.1, -0.05) is 37.3 Å². The lowest BCUT2D eigenvalue weighted by molar-refractivity contribution is -0.114. The number of nitrogens with one attached hydrogen (secondary N) is 2. The molecule has 30 heavy (non-hydrogen) atoms. The first-order valence-electron chi connectivity index (χ1n) is 10.2. The number of rotatable bonds is 5. The number of fused-ring (bicyclic) bond motifs is 1. The molecule has 1 amide bonds. The lowest BCUT2D eigenvalue weighted by Crippen LogP contribution is -2.05. The van der Waals surface area contributed by atoms with E-state index in [0.29, 0.717) is 11.9 Å². The Bertz CT molecular complexity index is 1230. The third kappa shape index (κ3) is 3.64. The molecule has 0 radical (unpaired) electrons. The second-order valence-corrected chi connectivity index (χ2v) is 7.95. The zero-order valence-corrected chi connectivity index (χ0v) is 17.0. The van der Waals surface area contributed by atoms with E-state index >= 15 is 0 Å². The molecule has 1 fully saturated rings. The van der Waals surface area contributed by atoms with Gasteiger partial charge in [-0.05, 0) is 59.7 Å². The molecule has 2 N–H and O–H groups in total. The summed E-state index contributed by atoms with van der Waals surface area (Å²) in [6.07, 6.45) is 3.18. The van der Waals surface area contributed by atoms with Crippen LogP contribution in [-0.4, -0.2) is 20.5 Å². The average molecular weight is 397 g/mol. The monoisotopic (exact) mass is 397 g/mol. The van der Waals surface area contributed by atoms with Crippen molar-refractivity contribution in [3.8, 4) is 11.1 Å². The van der Waals surface area contributed by atoms with E-state index in [1.165, 1.54) is 18.9 Å². The molecule has 1 aliphatic rings. The van der Waals surface area contributed by atoms with Crippen molar-refractivity contribution in [2.75, 3.05) is 10.6 Å². The lowest BCUT2D eigenvalue weighted by atomic mass is 10.0. The molecule has 0 spiro atoms. The van der Waals surface area contributed by atoms with E-state index in [1.54, 1.807) is 4.52 Å². The van der Waals surface area contributed by atoms with Crippen molar-refractivity contribution < 1.29 is 4.79 Å². The van der Waals surface area contributed by atoms with E-state index < -0.39 is 0 Å². The zero-order chi connectivity index (χ0) is 20.7. The maximum Gasteiger partial charge on any atom is 0.247 e. The van der Waals surface area contributed by atoms with Crippen molar-refractivity contribution in [2.24, 2.45) is 5.92 Å². The number of hydrogen-bond donors (Lipinski definition) is 2. The van der Waals surface area contributed by atoms with E-state index in [-0.39, 0.29) is 5.91 Å². The van der Waals surface area contributed by atoms with Crippen molar-refractivity contribution in [3.05, 3.63) is 72.4 Å². The van der Waals surface area contributed by atoms with E-state index in [1.807, 2.05) is 36.5 Å². The van der Waals surface area contributed by atoms with Gasteiger partial charge in [-0.3, -0.25) is 4.79 Å². The van der Waals surface area contributed by atoms with Crippen molar-refractivity contribution in [1.29, 1.82) is 0 Å². The summed E-state index contributed by atoms with van der Waals surface area (Å²) < 4.78 is 1.78. The Kier molecular flexibility index (Phi) is 4.47. The fourth-order valence-electron chi connectivity index (χ4n) is 3.89. The molecule has 0 saturated heterocycles. The molecule has 0 bridgehead atoms. The maximum absolute atomic E-state index is 11.3. The van der Waals surface area contributed by atoms with Crippen LogP contribution in [-0.2, 0) is 4.79 Å². The summed E-state index contributed by atoms with van der Waals surface area (Å²) in [5.41, 5.74) is 5.92. The van der Waals surface area contributed by atoms with Gasteiger partial charge >= 0.3 is 0 Å². The highest BCUT2D eigenvalue weighted by atomic mass is 16.1. The van der Waals surface area contributed by atoms with Gasteiger partial charge in [0, 0.05) is 30.1 Å². The van der Waals surface area contributed by atoms with E-state index in [9.17, 15) is 4.79 Å². The number of carbonyl (C=O) groups is 1. The Morgan fingerprint density at radius 2 is 1.83 bits per heavy atom. The molecule has 0 aliphatic heterocycles. The van der Waals surface area contributed by atoms with Crippen LogP contribution in [0.15, 0.2) is 66.9 Å². The Balaban J connectivity index is 1.43. The second kappa shape index (κ2) is 7.30. The van der Waals surface area contributed by atoms with Crippen LogP contribution in [0.25, 0.3) is 16.8 Å². The van der Waals surface area contributed by atoms with E-state index in [4.69, 9.17) is 4.98 Å². The smallest absolute Gasteiger partial charge is 0.247 e. The number of pyridine rings is 1. The first-order chi connectivity index (χ1) is 14.6. The van der Waals surface area contributed by atoms with Gasteiger partial charge in [-0.2, -0.15) is 4.98 Å². The molecule has 6 heteroatoms. The molecule has 4 aromatic rings. The Hall–Kier alpha value is -3.67. The number of carbonyl (C=O) groups excluding carboxylic acids is 1. The van der Waals surface area contributed by atoms with Gasteiger partial charge < -0.3 is 10.6 Å². The molecule has 2 unspecified atom stereocenters. The third-order valence-electron chi connectivity index (χ3n) is 5.56. The summed E-state index contributed by atoms with van der Waals surface area (Å²) in [5.74, 6) is 1.91. The molecule has 2 aromatic heterocycles. The number of amides is 1. The van der Waals surface area contributed by atoms with Gasteiger partial charge in [-0.25, -0.2) is 4.52 Å². The molecular formula is C24H23N5O. The molecule has 1 aliphatic carbocycles. The number of anilines is 3. The van der Waals surface area contributed by atoms with Crippen LogP contribution in [0.2, 0.25) is 0 Å². The van der Waals surface area contributed by atoms with Crippen LogP contribution in [0.1, 0.15) is 31.7 Å². The normalized spacial score (nSPS) is 17.7. The third-order valence-corrected chi connectivity index (χ3v) is 5.56. The number of aromatic nitrogens is 3. The van der Waals surface area contributed by atoms with Gasteiger partial charge in [0.2, 0.25) is 11.9 Å². The Morgan fingerprint density at radius 1 is 1.07 bits per heavy atom. The lowest BCUT2D eigenvalue weighted by Gasteiger charge is -2.05. The van der Waals surface area contributed by atoms with Crippen molar-refractivity contribution >= 4 is 28.9 Å². The summed E-state index contributed by atoms with van der Waals surface area (Å²) in [7, 11) is 0. The quantitative estimate of drug-likeness (QED) is 0.484. The van der Waals surface area contributed by atoms with Gasteiger partial charge in [-0.15, -0.1) is 5.10 Å². The highest BCUT2D eigenvalue weighted by Crippen LogP contribution is 2.47. The summed E-state index contributed by atoms with van der Waals surface area (Å²) in [4.78, 5) is 16.0. The highest BCUT2D eigenvalue weighted by Gasteiger charge is 2.33. The van der Waals surface area contributed by atoms with Gasteiger partial charge in [0.1, 0.15) is 0 Å². The molecule has 150 valence electrons. The fraction of sp³-hybridized carbons (Fsp3) is 0.208. The van der Waals surface area contributed by atoms with Crippen molar-refractivity contribution in [3.63, 3.8) is 0 Å². The summed E-state index contributed by atoms with van der Waals surface area (Å²) in [6, 6.07) is 20.3. The number of benzene rings is 2. The van der Waals surface area contributed by atoms with E-state index in [0.717, 1.165) is 34.1 Å². The molecule has 2 atom stereocenters. The largest absolute Gasteiger partial charge is 0.326 e. The predicted molar refractivity (Wildman–Crippen MR) is 119 cm³/mol. The van der Waals surface area contributed by atoms with Gasteiger partial charge in [0.05, 0.1) is 0 Å². The summed E-state index contributed by atoms with van der Waals surface area (Å²) >= 11 is 0. The molecular weight excluding hydrogens is 374 g/mol. The predicted octanol–water partition coefficient (Wildman–Crippen LogP) is 5.22. The number of nitrogens with zero attached hydrogens (tertiary/aromatic N) is 3. The maximum atomic E-state index is 11.3. The molecule has 2 heterocycles. The first-order valence-corrected chi connectivity index (χ1v) is 10.2. The highest BCUT2D eigenvalue weighted by molar-refractivity contribution is 5.89. The second-order valence-electron chi connectivity index (χ2n) is 7.95. The van der Waals surface area contributed by atoms with E-state index in [2.05, 4.69) is 53.0 Å². The minimum absolute atomic E-state index is 0.107. The van der Waals surface area contributed by atoms with Gasteiger partial charge in [0.25, 0.3) is 0 Å². The molecule has 1 saturated carbocycles.